The molecule has 2 atom stereocenters. The van der Waals surface area contributed by atoms with E-state index in [4.69, 9.17) is 4.74 Å². The number of benzene rings is 1. The molecule has 0 radical (unpaired) electrons. The van der Waals surface area contributed by atoms with Crippen LogP contribution < -0.4 is 5.32 Å². The lowest BCUT2D eigenvalue weighted by atomic mass is 9.82. The van der Waals surface area contributed by atoms with Crippen molar-refractivity contribution >= 4 is 0 Å². The number of ether oxygens (including phenoxy) is 1. The SMILES string of the molecule is CO[C@@]1(c2ccccc2)CCNC[C@H]1O. The van der Waals surface area contributed by atoms with Crippen LogP contribution in [0.25, 0.3) is 0 Å². The van der Waals surface area contributed by atoms with E-state index in [0.29, 0.717) is 6.54 Å². The normalized spacial score (nSPS) is 31.5. The van der Waals surface area contributed by atoms with Gasteiger partial charge in [-0.15, -0.1) is 0 Å². The molecule has 1 aliphatic rings. The van der Waals surface area contributed by atoms with Gasteiger partial charge in [0.2, 0.25) is 0 Å². The number of nitrogens with one attached hydrogen (secondary N) is 1. The second-order valence-electron chi connectivity index (χ2n) is 3.93. The minimum atomic E-state index is -0.535. The molecule has 3 nitrogen and oxygen atoms in total. The van der Waals surface area contributed by atoms with Crippen LogP contribution in [0.3, 0.4) is 0 Å². The summed E-state index contributed by atoms with van der Waals surface area (Å²) in [6.07, 6.45) is 0.313. The molecule has 1 aromatic carbocycles. The molecule has 1 aromatic rings. The van der Waals surface area contributed by atoms with E-state index < -0.39 is 11.7 Å². The maximum Gasteiger partial charge on any atom is 0.121 e. The second-order valence-corrected chi connectivity index (χ2v) is 3.93. The van der Waals surface area contributed by atoms with Crippen molar-refractivity contribution < 1.29 is 9.84 Å². The highest BCUT2D eigenvalue weighted by Crippen LogP contribution is 2.34. The van der Waals surface area contributed by atoms with Gasteiger partial charge in [-0.2, -0.15) is 0 Å². The Labute approximate surface area is 90.1 Å². The maximum atomic E-state index is 10.1. The molecule has 0 saturated carbocycles. The highest BCUT2D eigenvalue weighted by atomic mass is 16.5. The fourth-order valence-electron chi connectivity index (χ4n) is 2.26. The predicted octanol–water partition coefficient (Wildman–Crippen LogP) is 0.882. The molecule has 0 unspecified atom stereocenters. The van der Waals surface area contributed by atoms with Crippen molar-refractivity contribution in [2.24, 2.45) is 0 Å². The Morgan fingerprint density at radius 2 is 2.13 bits per heavy atom. The molecule has 1 saturated heterocycles. The molecule has 82 valence electrons. The molecule has 3 heteroatoms. The molecule has 1 aliphatic heterocycles. The quantitative estimate of drug-likeness (QED) is 0.756. The fourth-order valence-corrected chi connectivity index (χ4v) is 2.26. The van der Waals surface area contributed by atoms with Crippen LogP contribution in [0, 0.1) is 0 Å². The summed E-state index contributed by atoms with van der Waals surface area (Å²) < 4.78 is 5.59. The molecule has 0 bridgehead atoms. The topological polar surface area (TPSA) is 41.5 Å². The minimum Gasteiger partial charge on any atom is -0.388 e. The number of methoxy groups -OCH3 is 1. The molecule has 2 N–H and O–H groups in total. The Hall–Kier alpha value is -0.900. The smallest absolute Gasteiger partial charge is 0.121 e. The van der Waals surface area contributed by atoms with E-state index in [1.165, 1.54) is 0 Å². The first kappa shape index (κ1) is 10.6. The van der Waals surface area contributed by atoms with Gasteiger partial charge in [0.25, 0.3) is 0 Å². The van der Waals surface area contributed by atoms with E-state index >= 15 is 0 Å². The van der Waals surface area contributed by atoms with Gasteiger partial charge in [0.15, 0.2) is 0 Å². The average Bonchev–Trinajstić information content (AvgIpc) is 2.31. The molecule has 0 spiro atoms. The first-order chi connectivity index (χ1) is 7.29. The molecular formula is C12H17NO2. The molecule has 0 aliphatic carbocycles. The molecule has 2 rings (SSSR count). The highest BCUT2D eigenvalue weighted by Gasteiger charge is 2.41. The Balaban J connectivity index is 2.35. The summed E-state index contributed by atoms with van der Waals surface area (Å²) in [5.74, 6) is 0. The van der Waals surface area contributed by atoms with Gasteiger partial charge in [-0.3, -0.25) is 0 Å². The number of hydrogen-bond acceptors (Lipinski definition) is 3. The lowest BCUT2D eigenvalue weighted by molar-refractivity contribution is -0.124. The van der Waals surface area contributed by atoms with Crippen molar-refractivity contribution in [3.63, 3.8) is 0 Å². The van der Waals surface area contributed by atoms with Gasteiger partial charge in [0, 0.05) is 13.7 Å². The molecule has 1 heterocycles. The first-order valence-corrected chi connectivity index (χ1v) is 5.29. The van der Waals surface area contributed by atoms with Gasteiger partial charge in [-0.05, 0) is 18.5 Å². The van der Waals surface area contributed by atoms with Crippen LogP contribution >= 0.6 is 0 Å². The molecule has 15 heavy (non-hydrogen) atoms. The van der Waals surface area contributed by atoms with Crippen molar-refractivity contribution in [1.29, 1.82) is 0 Å². The zero-order chi connectivity index (χ0) is 10.7. The van der Waals surface area contributed by atoms with Gasteiger partial charge in [-0.1, -0.05) is 30.3 Å². The first-order valence-electron chi connectivity index (χ1n) is 5.29. The van der Waals surface area contributed by atoms with Crippen molar-refractivity contribution in [2.45, 2.75) is 18.1 Å². The van der Waals surface area contributed by atoms with E-state index in [2.05, 4.69) is 5.32 Å². The maximum absolute atomic E-state index is 10.1. The summed E-state index contributed by atoms with van der Waals surface area (Å²) in [4.78, 5) is 0. The number of piperidine rings is 1. The van der Waals surface area contributed by atoms with Gasteiger partial charge in [0.05, 0.1) is 6.10 Å². The van der Waals surface area contributed by atoms with Crippen molar-refractivity contribution in [2.75, 3.05) is 20.2 Å². The number of aliphatic hydroxyl groups is 1. The monoisotopic (exact) mass is 207 g/mol. The third-order valence-corrected chi connectivity index (χ3v) is 3.18. The van der Waals surface area contributed by atoms with Crippen LogP contribution in [0.5, 0.6) is 0 Å². The van der Waals surface area contributed by atoms with Crippen molar-refractivity contribution in [3.05, 3.63) is 35.9 Å². The number of hydrogen-bond donors (Lipinski definition) is 2. The van der Waals surface area contributed by atoms with Crippen molar-refractivity contribution in [3.8, 4) is 0 Å². The minimum absolute atomic E-state index is 0.487. The van der Waals surface area contributed by atoms with E-state index in [-0.39, 0.29) is 0 Å². The Bertz CT molecular complexity index is 315. The molecule has 1 fully saturated rings. The van der Waals surface area contributed by atoms with Crippen LogP contribution in [-0.2, 0) is 10.3 Å². The molecule has 0 aromatic heterocycles. The van der Waals surface area contributed by atoms with Crippen LogP contribution in [0.4, 0.5) is 0 Å². The van der Waals surface area contributed by atoms with E-state index in [0.717, 1.165) is 18.5 Å². The fraction of sp³-hybridized carbons (Fsp3) is 0.500. The van der Waals surface area contributed by atoms with Crippen LogP contribution in [0.2, 0.25) is 0 Å². The summed E-state index contributed by atoms with van der Waals surface area (Å²) >= 11 is 0. The van der Waals surface area contributed by atoms with E-state index in [1.54, 1.807) is 7.11 Å². The number of aliphatic hydroxyl groups excluding tert-OH is 1. The summed E-state index contributed by atoms with van der Waals surface area (Å²) in [7, 11) is 1.67. The van der Waals surface area contributed by atoms with Crippen molar-refractivity contribution in [1.82, 2.24) is 5.32 Å². The average molecular weight is 207 g/mol. The third kappa shape index (κ3) is 1.78. The van der Waals surface area contributed by atoms with Crippen LogP contribution in [-0.4, -0.2) is 31.4 Å². The summed E-state index contributed by atoms with van der Waals surface area (Å²) in [6, 6.07) is 9.95. The number of rotatable bonds is 2. The van der Waals surface area contributed by atoms with Gasteiger partial charge in [-0.25, -0.2) is 0 Å². The highest BCUT2D eigenvalue weighted by molar-refractivity contribution is 5.25. The van der Waals surface area contributed by atoms with E-state index in [1.807, 2.05) is 30.3 Å². The lowest BCUT2D eigenvalue weighted by Crippen LogP contribution is -2.53. The number of β-amino-alcohol motifs (C(OH)–C–C–N with tert-alkyl or cyclic N) is 1. The summed E-state index contributed by atoms with van der Waals surface area (Å²) in [5.41, 5.74) is 0.522. The standard InChI is InChI=1S/C12H17NO2/c1-15-12(7-8-13-9-11(12)14)10-5-3-2-4-6-10/h2-6,11,13-14H,7-9H2,1H3/t11-,12-/m1/s1. The largest absolute Gasteiger partial charge is 0.388 e. The summed E-state index contributed by atoms with van der Waals surface area (Å²) in [6.45, 7) is 1.46. The van der Waals surface area contributed by atoms with Gasteiger partial charge < -0.3 is 15.2 Å². The Kier molecular flexibility index (Phi) is 3.05. The Morgan fingerprint density at radius 3 is 2.73 bits per heavy atom. The zero-order valence-corrected chi connectivity index (χ0v) is 8.94. The lowest BCUT2D eigenvalue weighted by Gasteiger charge is -2.41. The molecule has 0 amide bonds. The van der Waals surface area contributed by atoms with E-state index in [9.17, 15) is 5.11 Å². The van der Waals surface area contributed by atoms with Crippen LogP contribution in [0.15, 0.2) is 30.3 Å². The predicted molar refractivity (Wildman–Crippen MR) is 58.6 cm³/mol. The van der Waals surface area contributed by atoms with Gasteiger partial charge in [0.1, 0.15) is 5.60 Å². The second kappa shape index (κ2) is 4.31. The van der Waals surface area contributed by atoms with Crippen LogP contribution in [0.1, 0.15) is 12.0 Å². The third-order valence-electron chi connectivity index (χ3n) is 3.18. The molecular weight excluding hydrogens is 190 g/mol. The zero-order valence-electron chi connectivity index (χ0n) is 8.94. The Morgan fingerprint density at radius 1 is 1.40 bits per heavy atom. The van der Waals surface area contributed by atoms with Gasteiger partial charge >= 0.3 is 0 Å². The summed E-state index contributed by atoms with van der Waals surface area (Å²) in [5, 5.41) is 13.2.